The van der Waals surface area contributed by atoms with Gasteiger partial charge in [-0.05, 0) is 30.7 Å². The highest BCUT2D eigenvalue weighted by Gasteiger charge is 2.23. The zero-order valence-electron chi connectivity index (χ0n) is 12.3. The van der Waals surface area contributed by atoms with Gasteiger partial charge in [0.1, 0.15) is 0 Å². The normalized spacial score (nSPS) is 11.9. The summed E-state index contributed by atoms with van der Waals surface area (Å²) in [7, 11) is 0. The molecule has 2 aromatic rings. The zero-order valence-corrected chi connectivity index (χ0v) is 13.9. The van der Waals surface area contributed by atoms with Crippen molar-refractivity contribution in [1.82, 2.24) is 0 Å². The number of hydrogen-bond acceptors (Lipinski definition) is 3. The van der Waals surface area contributed by atoms with Crippen LogP contribution in [0.4, 0.5) is 0 Å². The molecule has 0 saturated carbocycles. The molecule has 0 heterocycles. The molecule has 0 aromatic heterocycles. The molecule has 0 aliphatic heterocycles. The molecule has 0 spiro atoms. The van der Waals surface area contributed by atoms with E-state index < -0.39 is 0 Å². The van der Waals surface area contributed by atoms with Crippen molar-refractivity contribution in [2.45, 2.75) is 25.0 Å². The molecular weight excluding hydrogens is 316 g/mol. The lowest BCUT2D eigenvalue weighted by Gasteiger charge is -2.14. The van der Waals surface area contributed by atoms with Crippen LogP contribution < -0.4 is 0 Å². The minimum absolute atomic E-state index is 0.0206. The number of ketones is 1. The molecule has 2 nitrogen and oxygen atoms in total. The monoisotopic (exact) mass is 332 g/mol. The van der Waals surface area contributed by atoms with Gasteiger partial charge in [-0.2, -0.15) is 0 Å². The first-order chi connectivity index (χ1) is 10.6. The fraction of sp³-hybridized carbons (Fsp3) is 0.222. The molecule has 2 aromatic carbocycles. The third-order valence-corrected chi connectivity index (χ3v) is 4.67. The van der Waals surface area contributed by atoms with Crippen molar-refractivity contribution in [2.75, 3.05) is 0 Å². The molecule has 0 amide bonds. The number of carbonyl (C=O) groups excluding carboxylic acids is 2. The Balaban J connectivity index is 2.14. The molecule has 22 heavy (non-hydrogen) atoms. The quantitative estimate of drug-likeness (QED) is 0.676. The number of thioether (sulfide) groups is 1. The molecule has 114 valence electrons. The van der Waals surface area contributed by atoms with Gasteiger partial charge < -0.3 is 0 Å². The van der Waals surface area contributed by atoms with Crippen molar-refractivity contribution in [2.24, 2.45) is 0 Å². The number of benzene rings is 2. The Morgan fingerprint density at radius 3 is 2.23 bits per heavy atom. The Morgan fingerprint density at radius 2 is 1.64 bits per heavy atom. The predicted octanol–water partition coefficient (Wildman–Crippen LogP) is 5.27. The summed E-state index contributed by atoms with van der Waals surface area (Å²) in [4.78, 5) is 24.9. The number of halogens is 1. The Bertz CT molecular complexity index is 638. The van der Waals surface area contributed by atoms with Gasteiger partial charge in [0.2, 0.25) is 5.12 Å². The van der Waals surface area contributed by atoms with Crippen LogP contribution in [-0.4, -0.2) is 16.1 Å². The highest BCUT2D eigenvalue weighted by atomic mass is 35.5. The van der Waals surface area contributed by atoms with Gasteiger partial charge in [0, 0.05) is 16.1 Å². The van der Waals surface area contributed by atoms with E-state index in [4.69, 9.17) is 11.6 Å². The highest BCUT2D eigenvalue weighted by molar-refractivity contribution is 8.15. The molecule has 1 unspecified atom stereocenters. The van der Waals surface area contributed by atoms with Crippen molar-refractivity contribution in [1.29, 1.82) is 0 Å². The third kappa shape index (κ3) is 4.46. The summed E-state index contributed by atoms with van der Waals surface area (Å²) in [6, 6.07) is 15.9. The van der Waals surface area contributed by atoms with Gasteiger partial charge in [0.15, 0.2) is 5.78 Å². The van der Waals surface area contributed by atoms with E-state index in [1.807, 2.05) is 25.1 Å². The van der Waals surface area contributed by atoms with Crippen LogP contribution in [-0.2, 0) is 0 Å². The van der Waals surface area contributed by atoms with Crippen LogP contribution in [0.15, 0.2) is 54.6 Å². The Morgan fingerprint density at radius 1 is 1.00 bits per heavy atom. The maximum Gasteiger partial charge on any atom is 0.220 e. The predicted molar refractivity (Wildman–Crippen MR) is 92.8 cm³/mol. The maximum absolute atomic E-state index is 12.6. The summed E-state index contributed by atoms with van der Waals surface area (Å²) in [6.45, 7) is 2.01. The van der Waals surface area contributed by atoms with E-state index >= 15 is 0 Å². The molecule has 0 aliphatic rings. The van der Waals surface area contributed by atoms with Crippen molar-refractivity contribution in [3.05, 3.63) is 70.7 Å². The van der Waals surface area contributed by atoms with Crippen LogP contribution in [0.2, 0.25) is 5.02 Å². The number of rotatable bonds is 6. The van der Waals surface area contributed by atoms with E-state index in [-0.39, 0.29) is 16.1 Å². The average Bonchev–Trinajstić information content (AvgIpc) is 2.55. The van der Waals surface area contributed by atoms with E-state index in [0.717, 1.165) is 18.2 Å². The van der Waals surface area contributed by atoms with Crippen LogP contribution in [0.5, 0.6) is 0 Å². The van der Waals surface area contributed by atoms with Crippen molar-refractivity contribution >= 4 is 34.3 Å². The van der Waals surface area contributed by atoms with Gasteiger partial charge in [-0.25, -0.2) is 0 Å². The summed E-state index contributed by atoms with van der Waals surface area (Å²) < 4.78 is 0. The van der Waals surface area contributed by atoms with E-state index in [1.165, 1.54) is 0 Å². The van der Waals surface area contributed by atoms with Gasteiger partial charge >= 0.3 is 0 Å². The Labute approximate surface area is 139 Å². The van der Waals surface area contributed by atoms with E-state index in [2.05, 4.69) is 0 Å². The summed E-state index contributed by atoms with van der Waals surface area (Å²) >= 11 is 6.96. The lowest BCUT2D eigenvalue weighted by Crippen LogP contribution is -2.19. The highest BCUT2D eigenvalue weighted by Crippen LogP contribution is 2.25. The molecule has 0 radical (unpaired) electrons. The summed E-state index contributed by atoms with van der Waals surface area (Å²) in [5.74, 6) is -0.0206. The minimum atomic E-state index is -0.362. The molecular formula is C18H17ClO2S. The molecule has 1 atom stereocenters. The van der Waals surface area contributed by atoms with E-state index in [0.29, 0.717) is 22.6 Å². The van der Waals surface area contributed by atoms with Crippen LogP contribution in [0.1, 0.15) is 40.5 Å². The number of Topliss-reactive ketones (excluding diaryl/α,β-unsaturated/α-hetero) is 1. The summed E-state index contributed by atoms with van der Waals surface area (Å²) in [5.41, 5.74) is 1.22. The lowest BCUT2D eigenvalue weighted by molar-refractivity contribution is 0.0980. The topological polar surface area (TPSA) is 34.1 Å². The van der Waals surface area contributed by atoms with Gasteiger partial charge in [0.25, 0.3) is 0 Å². The zero-order chi connectivity index (χ0) is 15.9. The SMILES string of the molecule is CCCC(SC(=O)c1ccccc1)C(=O)c1ccc(Cl)cc1. The van der Waals surface area contributed by atoms with Crippen LogP contribution in [0.25, 0.3) is 0 Å². The van der Waals surface area contributed by atoms with E-state index in [1.54, 1.807) is 36.4 Å². The number of carbonyl (C=O) groups is 2. The average molecular weight is 333 g/mol. The largest absolute Gasteiger partial charge is 0.293 e. The first-order valence-electron chi connectivity index (χ1n) is 7.17. The first kappa shape index (κ1) is 16.8. The van der Waals surface area contributed by atoms with Crippen molar-refractivity contribution in [3.63, 3.8) is 0 Å². The second kappa shape index (κ2) is 8.16. The van der Waals surface area contributed by atoms with Gasteiger partial charge in [-0.1, -0.05) is 67.0 Å². The number of hydrogen-bond donors (Lipinski definition) is 0. The van der Waals surface area contributed by atoms with Crippen LogP contribution in [0, 0.1) is 0 Å². The standard InChI is InChI=1S/C18H17ClO2S/c1-2-6-16(17(20)13-9-11-15(19)12-10-13)22-18(21)14-7-4-3-5-8-14/h3-5,7-12,16H,2,6H2,1H3. The lowest BCUT2D eigenvalue weighted by atomic mass is 10.1. The Kier molecular flexibility index (Phi) is 6.22. The molecule has 0 saturated heterocycles. The van der Waals surface area contributed by atoms with E-state index in [9.17, 15) is 9.59 Å². The molecule has 0 aliphatic carbocycles. The second-order valence-electron chi connectivity index (χ2n) is 4.92. The fourth-order valence-corrected chi connectivity index (χ4v) is 3.33. The minimum Gasteiger partial charge on any atom is -0.293 e. The Hall–Kier alpha value is -1.58. The third-order valence-electron chi connectivity index (χ3n) is 3.23. The van der Waals surface area contributed by atoms with Crippen molar-refractivity contribution in [3.8, 4) is 0 Å². The van der Waals surface area contributed by atoms with Gasteiger partial charge in [0.05, 0.1) is 5.25 Å². The van der Waals surface area contributed by atoms with Crippen molar-refractivity contribution < 1.29 is 9.59 Å². The van der Waals surface area contributed by atoms with Gasteiger partial charge in [-0.15, -0.1) is 0 Å². The fourth-order valence-electron chi connectivity index (χ4n) is 2.08. The van der Waals surface area contributed by atoms with Gasteiger partial charge in [-0.3, -0.25) is 9.59 Å². The molecule has 0 fully saturated rings. The van der Waals surface area contributed by atoms with Crippen LogP contribution >= 0.6 is 23.4 Å². The first-order valence-corrected chi connectivity index (χ1v) is 8.43. The van der Waals surface area contributed by atoms with Crippen LogP contribution in [0.3, 0.4) is 0 Å². The maximum atomic E-state index is 12.6. The molecule has 2 rings (SSSR count). The summed E-state index contributed by atoms with van der Waals surface area (Å²) in [5, 5.41) is 0.164. The smallest absolute Gasteiger partial charge is 0.220 e. The summed E-state index contributed by atoms with van der Waals surface area (Å²) in [6.07, 6.45) is 1.52. The molecule has 4 heteroatoms. The second-order valence-corrected chi connectivity index (χ2v) is 6.53. The molecule has 0 N–H and O–H groups in total. The molecule has 0 bridgehead atoms.